The first-order chi connectivity index (χ1) is 8.66. The van der Waals surface area contributed by atoms with Crippen LogP contribution in [0.5, 0.6) is 0 Å². The normalized spacial score (nSPS) is 33.6. The van der Waals surface area contributed by atoms with Gasteiger partial charge in [0.25, 0.3) is 0 Å². The molecule has 3 rings (SSSR count). The Labute approximate surface area is 105 Å². The first kappa shape index (κ1) is 11.5. The molecule has 18 heavy (non-hydrogen) atoms. The van der Waals surface area contributed by atoms with Gasteiger partial charge in [-0.15, -0.1) is 0 Å². The molecule has 2 aliphatic rings. The van der Waals surface area contributed by atoms with Crippen molar-refractivity contribution in [1.82, 2.24) is 0 Å². The highest BCUT2D eigenvalue weighted by Gasteiger charge is 2.52. The molecule has 1 aliphatic carbocycles. The lowest BCUT2D eigenvalue weighted by atomic mass is 9.72. The fraction of sp³-hybridized carbons (Fsp3) is 0.462. The zero-order valence-electron chi connectivity index (χ0n) is 10.0. The number of fused-ring (bicyclic) bond motifs is 1. The van der Waals surface area contributed by atoms with Crippen molar-refractivity contribution in [3.8, 4) is 0 Å². The maximum atomic E-state index is 11.0. The number of amides is 1. The lowest BCUT2D eigenvalue weighted by Gasteiger charge is -2.46. The Balaban J connectivity index is 1.68. The summed E-state index contributed by atoms with van der Waals surface area (Å²) in [5, 5.41) is 3.36. The minimum absolute atomic E-state index is 0.147. The van der Waals surface area contributed by atoms with E-state index < -0.39 is 5.91 Å². The third-order valence-corrected chi connectivity index (χ3v) is 3.95. The summed E-state index contributed by atoms with van der Waals surface area (Å²) in [5.41, 5.74) is 12.8. The molecular weight excluding hydrogens is 230 g/mol. The van der Waals surface area contributed by atoms with Gasteiger partial charge >= 0.3 is 0 Å². The average molecular weight is 247 g/mol. The van der Waals surface area contributed by atoms with Gasteiger partial charge in [-0.2, -0.15) is 0 Å². The van der Waals surface area contributed by atoms with E-state index in [0.717, 1.165) is 18.7 Å². The predicted octanol–water partition coefficient (Wildman–Crippen LogP) is 0.312. The second-order valence-electron chi connectivity index (χ2n) is 4.98. The number of carbonyl (C=O) groups is 1. The molecule has 1 aliphatic heterocycles. The number of rotatable bonds is 3. The summed E-state index contributed by atoms with van der Waals surface area (Å²) in [6.07, 6.45) is 1.29. The van der Waals surface area contributed by atoms with Crippen LogP contribution >= 0.6 is 0 Å². The Kier molecular flexibility index (Phi) is 2.72. The summed E-state index contributed by atoms with van der Waals surface area (Å²) in [5.74, 6) is 0.0773. The summed E-state index contributed by atoms with van der Waals surface area (Å²) in [4.78, 5) is 11.0. The molecule has 4 unspecified atom stereocenters. The zero-order chi connectivity index (χ0) is 12.7. The molecule has 96 valence electrons. The largest absolute Gasteiger partial charge is 0.378 e. The van der Waals surface area contributed by atoms with Gasteiger partial charge in [0.05, 0.1) is 12.1 Å². The second kappa shape index (κ2) is 4.26. The highest BCUT2D eigenvalue weighted by Crippen LogP contribution is 2.39. The van der Waals surface area contributed by atoms with Crippen molar-refractivity contribution in [3.05, 3.63) is 29.8 Å². The molecule has 0 bridgehead atoms. The van der Waals surface area contributed by atoms with Crippen molar-refractivity contribution in [2.24, 2.45) is 17.4 Å². The summed E-state index contributed by atoms with van der Waals surface area (Å²) in [7, 11) is 0. The molecule has 1 amide bonds. The molecule has 0 aromatic heterocycles. The Morgan fingerprint density at radius 1 is 1.33 bits per heavy atom. The molecule has 1 aromatic carbocycles. The van der Waals surface area contributed by atoms with Crippen molar-refractivity contribution >= 4 is 11.6 Å². The van der Waals surface area contributed by atoms with Crippen LogP contribution in [0.15, 0.2) is 24.3 Å². The van der Waals surface area contributed by atoms with Gasteiger partial charge in [-0.1, -0.05) is 0 Å². The molecule has 4 atom stereocenters. The number of carbonyl (C=O) groups excluding carboxylic acids is 1. The van der Waals surface area contributed by atoms with Crippen LogP contribution in [0.3, 0.4) is 0 Å². The van der Waals surface area contributed by atoms with E-state index in [0.29, 0.717) is 11.5 Å². The van der Waals surface area contributed by atoms with Crippen LogP contribution in [-0.4, -0.2) is 30.7 Å². The number of ether oxygens (including phenoxy) is 1. The highest BCUT2D eigenvalue weighted by atomic mass is 16.5. The van der Waals surface area contributed by atoms with Crippen LogP contribution < -0.4 is 16.8 Å². The van der Waals surface area contributed by atoms with Gasteiger partial charge in [0.1, 0.15) is 0 Å². The molecule has 2 fully saturated rings. The molecule has 5 nitrogen and oxygen atoms in total. The van der Waals surface area contributed by atoms with Gasteiger partial charge in [-0.3, -0.25) is 4.79 Å². The van der Waals surface area contributed by atoms with Crippen LogP contribution in [0, 0.1) is 5.92 Å². The molecule has 1 heterocycles. The number of primary amides is 1. The average Bonchev–Trinajstić information content (AvgIpc) is 2.81. The van der Waals surface area contributed by atoms with E-state index in [-0.39, 0.29) is 18.2 Å². The van der Waals surface area contributed by atoms with Gasteiger partial charge in [-0.05, 0) is 30.7 Å². The van der Waals surface area contributed by atoms with Crippen LogP contribution in [0.4, 0.5) is 5.69 Å². The molecule has 0 radical (unpaired) electrons. The zero-order valence-corrected chi connectivity index (χ0v) is 10.0. The fourth-order valence-corrected chi connectivity index (χ4v) is 2.85. The molecule has 1 aromatic rings. The predicted molar refractivity (Wildman–Crippen MR) is 68.2 cm³/mol. The molecule has 5 heteroatoms. The monoisotopic (exact) mass is 247 g/mol. The van der Waals surface area contributed by atoms with Crippen LogP contribution in [0.25, 0.3) is 0 Å². The Bertz CT molecular complexity index is 460. The number of hydrogen-bond acceptors (Lipinski definition) is 4. The Morgan fingerprint density at radius 3 is 2.72 bits per heavy atom. The van der Waals surface area contributed by atoms with Gasteiger partial charge in [0.2, 0.25) is 5.91 Å². The van der Waals surface area contributed by atoms with E-state index in [9.17, 15) is 4.79 Å². The van der Waals surface area contributed by atoms with Crippen molar-refractivity contribution in [2.75, 3.05) is 11.9 Å². The SMILES string of the molecule is NC(=O)c1ccc(NC2C(N)C3CCOC32)cc1. The second-order valence-corrected chi connectivity index (χ2v) is 4.98. The van der Waals surface area contributed by atoms with E-state index in [1.807, 2.05) is 12.1 Å². The van der Waals surface area contributed by atoms with Crippen molar-refractivity contribution < 1.29 is 9.53 Å². The number of nitrogens with one attached hydrogen (secondary N) is 1. The van der Waals surface area contributed by atoms with Gasteiger partial charge < -0.3 is 21.5 Å². The lowest BCUT2D eigenvalue weighted by Crippen LogP contribution is -2.65. The first-order valence-electron chi connectivity index (χ1n) is 6.20. The van der Waals surface area contributed by atoms with Crippen LogP contribution in [0.1, 0.15) is 16.8 Å². The lowest BCUT2D eigenvalue weighted by molar-refractivity contribution is 0.00537. The first-order valence-corrected chi connectivity index (χ1v) is 6.20. The van der Waals surface area contributed by atoms with E-state index in [1.54, 1.807) is 12.1 Å². The quantitative estimate of drug-likeness (QED) is 0.717. The maximum absolute atomic E-state index is 11.0. The minimum atomic E-state index is -0.416. The van der Waals surface area contributed by atoms with E-state index in [2.05, 4.69) is 5.32 Å². The van der Waals surface area contributed by atoms with Crippen molar-refractivity contribution in [3.63, 3.8) is 0 Å². The van der Waals surface area contributed by atoms with Gasteiger partial charge in [-0.25, -0.2) is 0 Å². The topological polar surface area (TPSA) is 90.4 Å². The van der Waals surface area contributed by atoms with E-state index in [4.69, 9.17) is 16.2 Å². The van der Waals surface area contributed by atoms with Gasteiger partial charge in [0, 0.05) is 29.8 Å². The standard InChI is InChI=1S/C13H17N3O2/c14-10-9-5-6-18-12(9)11(10)16-8-3-1-7(2-4-8)13(15)17/h1-4,9-12,16H,5-6,14H2,(H2,15,17). The van der Waals surface area contributed by atoms with E-state index in [1.165, 1.54) is 0 Å². The molecule has 1 saturated carbocycles. The maximum Gasteiger partial charge on any atom is 0.248 e. The summed E-state index contributed by atoms with van der Waals surface area (Å²) < 4.78 is 5.65. The van der Waals surface area contributed by atoms with Crippen molar-refractivity contribution in [1.29, 1.82) is 0 Å². The number of nitrogens with two attached hydrogens (primary N) is 2. The van der Waals surface area contributed by atoms with Crippen molar-refractivity contribution in [2.45, 2.75) is 24.6 Å². The third kappa shape index (κ3) is 1.76. The number of hydrogen-bond donors (Lipinski definition) is 3. The molecule has 5 N–H and O–H groups in total. The summed E-state index contributed by atoms with van der Waals surface area (Å²) in [6.45, 7) is 0.807. The number of benzene rings is 1. The Hall–Kier alpha value is -1.59. The summed E-state index contributed by atoms with van der Waals surface area (Å²) >= 11 is 0. The van der Waals surface area contributed by atoms with Crippen LogP contribution in [0.2, 0.25) is 0 Å². The highest BCUT2D eigenvalue weighted by molar-refractivity contribution is 5.93. The Morgan fingerprint density at radius 2 is 2.06 bits per heavy atom. The third-order valence-electron chi connectivity index (χ3n) is 3.95. The van der Waals surface area contributed by atoms with Gasteiger partial charge in [0.15, 0.2) is 0 Å². The molecule has 1 saturated heterocycles. The smallest absolute Gasteiger partial charge is 0.248 e. The van der Waals surface area contributed by atoms with Crippen LogP contribution in [-0.2, 0) is 4.74 Å². The molecular formula is C13H17N3O2. The minimum Gasteiger partial charge on any atom is -0.378 e. The number of anilines is 1. The fourth-order valence-electron chi connectivity index (χ4n) is 2.85. The molecule has 0 spiro atoms. The summed E-state index contributed by atoms with van der Waals surface area (Å²) in [6, 6.07) is 7.42. The van der Waals surface area contributed by atoms with E-state index >= 15 is 0 Å².